The zero-order valence-corrected chi connectivity index (χ0v) is 13.5. The summed E-state index contributed by atoms with van der Waals surface area (Å²) in [5.74, 6) is 0.269. The quantitative estimate of drug-likeness (QED) is 0.850. The Kier molecular flexibility index (Phi) is 3.08. The summed E-state index contributed by atoms with van der Waals surface area (Å²) in [5.41, 5.74) is 5.39. The van der Waals surface area contributed by atoms with E-state index in [-0.39, 0.29) is 11.2 Å². The smallest absolute Gasteiger partial charge is 0.165 e. The maximum atomic E-state index is 12.4. The lowest BCUT2D eigenvalue weighted by atomic mass is 9.76. The number of Topliss-reactive ketones (excluding diaryl/α,β-unsaturated/α-hetero) is 1. The van der Waals surface area contributed by atoms with Gasteiger partial charge in [-0.05, 0) is 31.2 Å². The molecule has 0 atom stereocenters. The largest absolute Gasteiger partial charge is 0.314 e. The van der Waals surface area contributed by atoms with E-state index in [2.05, 4.69) is 43.6 Å². The highest BCUT2D eigenvalue weighted by Crippen LogP contribution is 2.37. The number of ketones is 1. The second kappa shape index (κ2) is 4.58. The van der Waals surface area contributed by atoms with E-state index in [0.717, 1.165) is 41.2 Å². The van der Waals surface area contributed by atoms with Crippen LogP contribution >= 0.6 is 0 Å². The zero-order chi connectivity index (χ0) is 15.4. The monoisotopic (exact) mass is 285 g/mol. The first-order valence-electron chi connectivity index (χ1n) is 7.59. The minimum Gasteiger partial charge on any atom is -0.314 e. The molecule has 0 N–H and O–H groups in total. The molecule has 0 aromatic carbocycles. The topological polar surface area (TPSA) is 39.8 Å². The molecule has 112 valence electrons. The number of hydrogen-bond donors (Lipinski definition) is 0. The minimum atomic E-state index is 0.0290. The SMILES string of the molecule is CCc1nn(C)cc1-n1c(C)cc2c1CC(C)(C)CC2=O. The molecule has 1 aliphatic rings. The lowest BCUT2D eigenvalue weighted by molar-refractivity contribution is 0.0911. The molecule has 0 spiro atoms. The normalized spacial score (nSPS) is 17.1. The van der Waals surface area contributed by atoms with Crippen LogP contribution in [0.15, 0.2) is 12.3 Å². The first kappa shape index (κ1) is 14.1. The first-order valence-corrected chi connectivity index (χ1v) is 7.59. The average Bonchev–Trinajstić information content (AvgIpc) is 2.88. The molecule has 2 aromatic heterocycles. The number of nitrogens with zero attached hydrogens (tertiary/aromatic N) is 3. The van der Waals surface area contributed by atoms with Gasteiger partial charge >= 0.3 is 0 Å². The molecule has 0 radical (unpaired) electrons. The Bertz CT molecular complexity index is 719. The van der Waals surface area contributed by atoms with Gasteiger partial charge in [0, 0.05) is 36.6 Å². The Labute approximate surface area is 125 Å². The van der Waals surface area contributed by atoms with Gasteiger partial charge in [0.2, 0.25) is 0 Å². The fraction of sp³-hybridized carbons (Fsp3) is 0.529. The lowest BCUT2D eigenvalue weighted by Crippen LogP contribution is -2.27. The highest BCUT2D eigenvalue weighted by atomic mass is 16.1. The zero-order valence-electron chi connectivity index (χ0n) is 13.5. The molecular formula is C17H23N3O. The third-order valence-electron chi connectivity index (χ3n) is 4.33. The molecule has 2 heterocycles. The van der Waals surface area contributed by atoms with E-state index >= 15 is 0 Å². The Morgan fingerprint density at radius 2 is 2.05 bits per heavy atom. The van der Waals surface area contributed by atoms with Gasteiger partial charge in [0.1, 0.15) is 0 Å². The molecule has 0 saturated carbocycles. The summed E-state index contributed by atoms with van der Waals surface area (Å²) in [5, 5.41) is 4.54. The summed E-state index contributed by atoms with van der Waals surface area (Å²) in [6, 6.07) is 2.04. The second-order valence-corrected chi connectivity index (χ2v) is 6.91. The number of aromatic nitrogens is 3. The Morgan fingerprint density at radius 3 is 2.71 bits per heavy atom. The second-order valence-electron chi connectivity index (χ2n) is 6.91. The van der Waals surface area contributed by atoms with Crippen molar-refractivity contribution >= 4 is 5.78 Å². The van der Waals surface area contributed by atoms with E-state index in [1.54, 1.807) is 0 Å². The Hall–Kier alpha value is -1.84. The number of carbonyl (C=O) groups is 1. The molecule has 4 nitrogen and oxygen atoms in total. The average molecular weight is 285 g/mol. The van der Waals surface area contributed by atoms with Crippen molar-refractivity contribution in [1.82, 2.24) is 14.3 Å². The maximum absolute atomic E-state index is 12.4. The predicted molar refractivity (Wildman–Crippen MR) is 83.1 cm³/mol. The van der Waals surface area contributed by atoms with Crippen LogP contribution in [0.25, 0.3) is 5.69 Å². The Balaban J connectivity index is 2.23. The predicted octanol–water partition coefficient (Wildman–Crippen LogP) is 3.24. The van der Waals surface area contributed by atoms with Crippen LogP contribution in [-0.2, 0) is 19.9 Å². The minimum absolute atomic E-state index is 0.0290. The molecule has 0 fully saturated rings. The lowest BCUT2D eigenvalue weighted by Gasteiger charge is -2.29. The van der Waals surface area contributed by atoms with E-state index in [1.165, 1.54) is 0 Å². The molecule has 3 rings (SSSR count). The Morgan fingerprint density at radius 1 is 1.33 bits per heavy atom. The van der Waals surface area contributed by atoms with Crippen molar-refractivity contribution in [1.29, 1.82) is 0 Å². The summed E-state index contributed by atoms with van der Waals surface area (Å²) in [7, 11) is 1.95. The van der Waals surface area contributed by atoms with Gasteiger partial charge in [-0.1, -0.05) is 20.8 Å². The third-order valence-corrected chi connectivity index (χ3v) is 4.33. The van der Waals surface area contributed by atoms with Gasteiger partial charge in [-0.2, -0.15) is 5.10 Å². The molecule has 4 heteroatoms. The van der Waals surface area contributed by atoms with Crippen molar-refractivity contribution < 1.29 is 4.79 Å². The van der Waals surface area contributed by atoms with Crippen LogP contribution in [0.5, 0.6) is 0 Å². The van der Waals surface area contributed by atoms with Crippen molar-refractivity contribution in [2.75, 3.05) is 0 Å². The van der Waals surface area contributed by atoms with Gasteiger partial charge in [-0.15, -0.1) is 0 Å². The molecule has 0 amide bonds. The van der Waals surface area contributed by atoms with Crippen LogP contribution in [0, 0.1) is 12.3 Å². The summed E-state index contributed by atoms with van der Waals surface area (Å²) in [6.07, 6.45) is 4.51. The van der Waals surface area contributed by atoms with Crippen molar-refractivity contribution in [2.45, 2.75) is 47.0 Å². The molecule has 0 bridgehead atoms. The van der Waals surface area contributed by atoms with E-state index in [1.807, 2.05) is 17.8 Å². The fourth-order valence-electron chi connectivity index (χ4n) is 3.45. The number of rotatable bonds is 2. The summed E-state index contributed by atoms with van der Waals surface area (Å²) >= 11 is 0. The van der Waals surface area contributed by atoms with Gasteiger partial charge in [0.15, 0.2) is 5.78 Å². The van der Waals surface area contributed by atoms with Crippen LogP contribution in [0.3, 0.4) is 0 Å². The number of fused-ring (bicyclic) bond motifs is 1. The van der Waals surface area contributed by atoms with Crippen molar-refractivity contribution in [2.24, 2.45) is 12.5 Å². The number of carbonyl (C=O) groups excluding carboxylic acids is 1. The highest BCUT2D eigenvalue weighted by Gasteiger charge is 2.34. The first-order chi connectivity index (χ1) is 9.82. The molecule has 0 saturated heterocycles. The summed E-state index contributed by atoms with van der Waals surface area (Å²) < 4.78 is 4.09. The maximum Gasteiger partial charge on any atom is 0.165 e. The summed E-state index contributed by atoms with van der Waals surface area (Å²) in [6.45, 7) is 8.53. The van der Waals surface area contributed by atoms with E-state index in [0.29, 0.717) is 6.42 Å². The molecule has 0 unspecified atom stereocenters. The van der Waals surface area contributed by atoms with Crippen LogP contribution in [0.2, 0.25) is 0 Å². The van der Waals surface area contributed by atoms with Gasteiger partial charge in [0.05, 0.1) is 11.4 Å². The van der Waals surface area contributed by atoms with Crippen LogP contribution < -0.4 is 0 Å². The van der Waals surface area contributed by atoms with Crippen LogP contribution in [0.4, 0.5) is 0 Å². The number of aryl methyl sites for hydroxylation is 3. The molecule has 1 aliphatic carbocycles. The molecule has 21 heavy (non-hydrogen) atoms. The van der Waals surface area contributed by atoms with Gasteiger partial charge in [-0.3, -0.25) is 9.48 Å². The van der Waals surface area contributed by atoms with Crippen LogP contribution in [0.1, 0.15) is 54.6 Å². The number of hydrogen-bond acceptors (Lipinski definition) is 2. The van der Waals surface area contributed by atoms with Crippen molar-refractivity contribution in [3.63, 3.8) is 0 Å². The van der Waals surface area contributed by atoms with E-state index in [9.17, 15) is 4.79 Å². The molecule has 0 aliphatic heterocycles. The van der Waals surface area contributed by atoms with Gasteiger partial charge in [0.25, 0.3) is 0 Å². The standard InChI is InChI=1S/C17H23N3O/c1-6-13-15(10-19(5)18-13)20-11(2)7-12-14(20)8-17(3,4)9-16(12)21/h7,10H,6,8-9H2,1-5H3. The molecule has 2 aromatic rings. The highest BCUT2D eigenvalue weighted by molar-refractivity contribution is 5.99. The van der Waals surface area contributed by atoms with Crippen molar-refractivity contribution in [3.05, 3.63) is 34.9 Å². The van der Waals surface area contributed by atoms with Gasteiger partial charge < -0.3 is 4.57 Å². The summed E-state index contributed by atoms with van der Waals surface area (Å²) in [4.78, 5) is 12.4. The third kappa shape index (κ3) is 2.23. The van der Waals surface area contributed by atoms with Gasteiger partial charge in [-0.25, -0.2) is 0 Å². The fourth-order valence-corrected chi connectivity index (χ4v) is 3.45. The van der Waals surface area contributed by atoms with Crippen molar-refractivity contribution in [3.8, 4) is 5.69 Å². The molecular weight excluding hydrogens is 262 g/mol. The van der Waals surface area contributed by atoms with E-state index in [4.69, 9.17) is 0 Å². The van der Waals surface area contributed by atoms with E-state index < -0.39 is 0 Å². The van der Waals surface area contributed by atoms with Crippen LogP contribution in [-0.4, -0.2) is 20.1 Å².